The van der Waals surface area contributed by atoms with Gasteiger partial charge in [0.05, 0.1) is 6.04 Å². The molecular weight excluding hydrogens is 294 g/mol. The number of nitrogens with one attached hydrogen (secondary N) is 2. The molecule has 2 unspecified atom stereocenters. The van der Waals surface area contributed by atoms with Gasteiger partial charge in [-0.3, -0.25) is 14.4 Å². The van der Waals surface area contributed by atoms with E-state index in [1.54, 1.807) is 11.8 Å². The summed E-state index contributed by atoms with van der Waals surface area (Å²) in [5.41, 5.74) is 5.75. The van der Waals surface area contributed by atoms with Crippen LogP contribution in [0.1, 0.15) is 26.7 Å². The van der Waals surface area contributed by atoms with Crippen LogP contribution >= 0.6 is 11.8 Å². The van der Waals surface area contributed by atoms with Gasteiger partial charge in [0.1, 0.15) is 12.6 Å². The van der Waals surface area contributed by atoms with Gasteiger partial charge in [0, 0.05) is 0 Å². The van der Waals surface area contributed by atoms with E-state index < -0.39 is 30.5 Å². The van der Waals surface area contributed by atoms with Gasteiger partial charge >= 0.3 is 5.97 Å². The highest BCUT2D eigenvalue weighted by Gasteiger charge is 2.24. The first-order valence-corrected chi connectivity index (χ1v) is 8.21. The second kappa shape index (κ2) is 10.4. The predicted molar refractivity (Wildman–Crippen MR) is 83.0 cm³/mol. The molecule has 0 fully saturated rings. The number of aliphatic carboxylic acids is 1. The molecule has 0 radical (unpaired) electrons. The molecule has 0 aromatic carbocycles. The molecule has 0 aliphatic carbocycles. The summed E-state index contributed by atoms with van der Waals surface area (Å²) in [5.74, 6) is -1.09. The highest BCUT2D eigenvalue weighted by Crippen LogP contribution is 2.06. The van der Waals surface area contributed by atoms with Crippen molar-refractivity contribution in [1.82, 2.24) is 10.6 Å². The zero-order valence-electron chi connectivity index (χ0n) is 12.7. The van der Waals surface area contributed by atoms with Gasteiger partial charge in [0.25, 0.3) is 0 Å². The maximum atomic E-state index is 11.9. The summed E-state index contributed by atoms with van der Waals surface area (Å²) in [5, 5.41) is 13.4. The second-order valence-corrected chi connectivity index (χ2v) is 6.18. The molecule has 0 aromatic heterocycles. The largest absolute Gasteiger partial charge is 0.480 e. The zero-order valence-corrected chi connectivity index (χ0v) is 13.5. The van der Waals surface area contributed by atoms with Crippen molar-refractivity contribution in [1.29, 1.82) is 0 Å². The molecule has 2 atom stereocenters. The van der Waals surface area contributed by atoms with Crippen LogP contribution in [0.25, 0.3) is 0 Å². The normalized spacial score (nSPS) is 13.6. The van der Waals surface area contributed by atoms with Crippen LogP contribution in [0.5, 0.6) is 0 Å². The zero-order chi connectivity index (χ0) is 16.4. The molecule has 0 saturated heterocycles. The number of carboxylic acid groups (broad SMARTS) is 1. The minimum atomic E-state index is -1.13. The Kier molecular flexibility index (Phi) is 9.81. The van der Waals surface area contributed by atoms with Gasteiger partial charge in [-0.25, -0.2) is 0 Å². The predicted octanol–water partition coefficient (Wildman–Crippen LogP) is -0.201. The van der Waals surface area contributed by atoms with Crippen LogP contribution in [-0.2, 0) is 14.4 Å². The standard InChI is InChI=1S/C13H25N3O4S/c1-8(2)6-10(13(20)15-7-11(17)18)16-12(19)9(14)4-5-21-3/h8-10H,4-7,14H2,1-3H3,(H,15,20)(H,16,19)(H,17,18). The molecule has 0 aliphatic heterocycles. The quantitative estimate of drug-likeness (QED) is 0.442. The topological polar surface area (TPSA) is 122 Å². The van der Waals surface area contributed by atoms with E-state index in [-0.39, 0.29) is 11.8 Å². The lowest BCUT2D eigenvalue weighted by molar-refractivity contribution is -0.138. The fourth-order valence-electron chi connectivity index (χ4n) is 1.64. The maximum Gasteiger partial charge on any atom is 0.322 e. The third-order valence-corrected chi connectivity index (χ3v) is 3.37. The lowest BCUT2D eigenvalue weighted by Crippen LogP contribution is -2.52. The average Bonchev–Trinajstić information content (AvgIpc) is 2.40. The van der Waals surface area contributed by atoms with Crippen molar-refractivity contribution in [3.05, 3.63) is 0 Å². The summed E-state index contributed by atoms with van der Waals surface area (Å²) < 4.78 is 0. The molecule has 7 nitrogen and oxygen atoms in total. The third-order valence-electron chi connectivity index (χ3n) is 2.72. The summed E-state index contributed by atoms with van der Waals surface area (Å²) in [7, 11) is 0. The van der Waals surface area contributed by atoms with Gasteiger partial charge in [-0.15, -0.1) is 0 Å². The maximum absolute atomic E-state index is 11.9. The molecule has 0 aromatic rings. The second-order valence-electron chi connectivity index (χ2n) is 5.19. The Bertz CT molecular complexity index is 363. The molecule has 0 spiro atoms. The number of thioether (sulfide) groups is 1. The Balaban J connectivity index is 4.56. The Labute approximate surface area is 129 Å². The van der Waals surface area contributed by atoms with Crippen LogP contribution in [0.4, 0.5) is 0 Å². The lowest BCUT2D eigenvalue weighted by atomic mass is 10.0. The van der Waals surface area contributed by atoms with Crippen molar-refractivity contribution < 1.29 is 19.5 Å². The molecule has 21 heavy (non-hydrogen) atoms. The van der Waals surface area contributed by atoms with E-state index in [1.807, 2.05) is 20.1 Å². The Morgan fingerprint density at radius 3 is 2.33 bits per heavy atom. The van der Waals surface area contributed by atoms with E-state index in [9.17, 15) is 14.4 Å². The van der Waals surface area contributed by atoms with Gasteiger partial charge in [0.15, 0.2) is 0 Å². The Hall–Kier alpha value is -1.28. The summed E-state index contributed by atoms with van der Waals surface area (Å²) >= 11 is 1.59. The van der Waals surface area contributed by atoms with E-state index in [2.05, 4.69) is 10.6 Å². The number of nitrogens with two attached hydrogens (primary N) is 1. The first kappa shape index (κ1) is 19.7. The highest BCUT2D eigenvalue weighted by atomic mass is 32.2. The van der Waals surface area contributed by atoms with Crippen LogP contribution in [0.3, 0.4) is 0 Å². The van der Waals surface area contributed by atoms with Crippen LogP contribution < -0.4 is 16.4 Å². The first-order chi connectivity index (χ1) is 9.77. The van der Waals surface area contributed by atoms with Crippen LogP contribution in [0, 0.1) is 5.92 Å². The number of hydrogen-bond acceptors (Lipinski definition) is 5. The monoisotopic (exact) mass is 319 g/mol. The number of carbonyl (C=O) groups is 3. The molecule has 5 N–H and O–H groups in total. The lowest BCUT2D eigenvalue weighted by Gasteiger charge is -2.21. The van der Waals surface area contributed by atoms with E-state index in [0.29, 0.717) is 12.8 Å². The first-order valence-electron chi connectivity index (χ1n) is 6.82. The summed E-state index contributed by atoms with van der Waals surface area (Å²) in [6, 6.07) is -1.43. The number of carbonyl (C=O) groups excluding carboxylic acids is 2. The highest BCUT2D eigenvalue weighted by molar-refractivity contribution is 7.98. The van der Waals surface area contributed by atoms with E-state index in [0.717, 1.165) is 5.75 Å². The molecule has 0 heterocycles. The Morgan fingerprint density at radius 1 is 1.24 bits per heavy atom. The molecule has 122 valence electrons. The average molecular weight is 319 g/mol. The molecule has 0 aliphatic rings. The number of amides is 2. The van der Waals surface area contributed by atoms with Crippen molar-refractivity contribution in [2.75, 3.05) is 18.6 Å². The summed E-state index contributed by atoms with van der Waals surface area (Å²) in [6.45, 7) is 3.36. The van der Waals surface area contributed by atoms with Crippen molar-refractivity contribution in [2.24, 2.45) is 11.7 Å². The van der Waals surface area contributed by atoms with Crippen LogP contribution in [0.2, 0.25) is 0 Å². The van der Waals surface area contributed by atoms with Gasteiger partial charge in [-0.1, -0.05) is 13.8 Å². The van der Waals surface area contributed by atoms with E-state index >= 15 is 0 Å². The fourth-order valence-corrected chi connectivity index (χ4v) is 2.13. The fraction of sp³-hybridized carbons (Fsp3) is 0.769. The Morgan fingerprint density at radius 2 is 1.86 bits per heavy atom. The van der Waals surface area contributed by atoms with Gasteiger partial charge in [0.2, 0.25) is 11.8 Å². The summed E-state index contributed by atoms with van der Waals surface area (Å²) in [4.78, 5) is 34.3. The van der Waals surface area contributed by atoms with Crippen LogP contribution in [-0.4, -0.2) is 53.5 Å². The number of hydrogen-bond donors (Lipinski definition) is 4. The minimum Gasteiger partial charge on any atom is -0.480 e. The van der Waals surface area contributed by atoms with E-state index in [4.69, 9.17) is 10.8 Å². The van der Waals surface area contributed by atoms with Gasteiger partial charge in [-0.2, -0.15) is 11.8 Å². The van der Waals surface area contributed by atoms with Crippen molar-refractivity contribution in [3.63, 3.8) is 0 Å². The molecular formula is C13H25N3O4S. The molecule has 2 amide bonds. The van der Waals surface area contributed by atoms with Gasteiger partial charge in [-0.05, 0) is 30.8 Å². The summed E-state index contributed by atoms with van der Waals surface area (Å²) in [6.07, 6.45) is 2.87. The SMILES string of the molecule is CSCCC(N)C(=O)NC(CC(C)C)C(=O)NCC(=O)O. The molecule has 0 bridgehead atoms. The number of carboxylic acids is 1. The third kappa shape index (κ3) is 9.30. The molecule has 0 rings (SSSR count). The minimum absolute atomic E-state index is 0.174. The van der Waals surface area contributed by atoms with E-state index in [1.165, 1.54) is 0 Å². The molecule has 0 saturated carbocycles. The van der Waals surface area contributed by atoms with Gasteiger partial charge < -0.3 is 21.5 Å². The van der Waals surface area contributed by atoms with Crippen LogP contribution in [0.15, 0.2) is 0 Å². The smallest absolute Gasteiger partial charge is 0.322 e. The van der Waals surface area contributed by atoms with Crippen molar-refractivity contribution >= 4 is 29.5 Å². The molecule has 8 heteroatoms. The van der Waals surface area contributed by atoms with Crippen molar-refractivity contribution in [2.45, 2.75) is 38.8 Å². The number of rotatable bonds is 10. The van der Waals surface area contributed by atoms with Crippen molar-refractivity contribution in [3.8, 4) is 0 Å².